The van der Waals surface area contributed by atoms with Gasteiger partial charge in [0.2, 0.25) is 0 Å². The fraction of sp³-hybridized carbons (Fsp3) is 0.556. The van der Waals surface area contributed by atoms with Gasteiger partial charge in [-0.2, -0.15) is 0 Å². The first-order valence-corrected chi connectivity index (χ1v) is 5.05. The Labute approximate surface area is 88.6 Å². The highest BCUT2D eigenvalue weighted by molar-refractivity contribution is 9.10. The zero-order valence-corrected chi connectivity index (χ0v) is 9.20. The molecule has 2 N–H and O–H groups in total. The summed E-state index contributed by atoms with van der Waals surface area (Å²) in [5.74, 6) is -2.17. The van der Waals surface area contributed by atoms with Crippen LogP contribution in [0.2, 0.25) is 0 Å². The summed E-state index contributed by atoms with van der Waals surface area (Å²) >= 11 is 3.15. The van der Waals surface area contributed by atoms with Crippen molar-refractivity contribution in [3.8, 4) is 0 Å². The number of furan rings is 1. The Morgan fingerprint density at radius 3 is 2.43 bits per heavy atom. The van der Waals surface area contributed by atoms with Gasteiger partial charge in [0, 0.05) is 12.8 Å². The lowest BCUT2D eigenvalue weighted by Gasteiger charge is -2.43. The second-order valence-corrected chi connectivity index (χ2v) is 4.71. The van der Waals surface area contributed by atoms with Gasteiger partial charge in [-0.25, -0.2) is 8.78 Å². The second kappa shape index (κ2) is 2.79. The second-order valence-electron chi connectivity index (χ2n) is 3.93. The van der Waals surface area contributed by atoms with Gasteiger partial charge in [-0.3, -0.25) is 0 Å². The molecule has 0 spiro atoms. The van der Waals surface area contributed by atoms with Crippen LogP contribution in [0.25, 0.3) is 0 Å². The highest BCUT2D eigenvalue weighted by atomic mass is 79.9. The largest absolute Gasteiger partial charge is 0.452 e. The van der Waals surface area contributed by atoms with Crippen LogP contribution >= 0.6 is 15.9 Å². The van der Waals surface area contributed by atoms with Gasteiger partial charge in [0.25, 0.3) is 5.92 Å². The summed E-state index contributed by atoms with van der Waals surface area (Å²) < 4.78 is 31.3. The van der Waals surface area contributed by atoms with Crippen LogP contribution in [0.1, 0.15) is 24.2 Å². The highest BCUT2D eigenvalue weighted by Crippen LogP contribution is 2.51. The summed E-state index contributed by atoms with van der Waals surface area (Å²) in [6, 6.07) is 1.74. The van der Waals surface area contributed by atoms with Gasteiger partial charge in [0.1, 0.15) is 5.76 Å². The summed E-state index contributed by atoms with van der Waals surface area (Å²) in [7, 11) is 0. The van der Waals surface area contributed by atoms with E-state index in [2.05, 4.69) is 15.9 Å². The fourth-order valence-electron chi connectivity index (χ4n) is 1.97. The lowest BCUT2D eigenvalue weighted by atomic mass is 9.72. The standard InChI is InChI=1S/C9H10BrF2NO/c1-5-2-6(10)14-7(5)8(13)3-9(11,12)4-8/h2H,3-4,13H2,1H3. The minimum Gasteiger partial charge on any atom is -0.452 e. The predicted octanol–water partition coefficient (Wildman–Crippen LogP) is 2.93. The number of nitrogens with two attached hydrogens (primary N) is 1. The Hall–Kier alpha value is -0.420. The zero-order chi connectivity index (χ0) is 10.6. The van der Waals surface area contributed by atoms with Crippen molar-refractivity contribution in [1.29, 1.82) is 0 Å². The molecule has 0 bridgehead atoms. The van der Waals surface area contributed by atoms with E-state index in [0.29, 0.717) is 10.4 Å². The summed E-state index contributed by atoms with van der Waals surface area (Å²) in [6.45, 7) is 1.80. The third-order valence-electron chi connectivity index (χ3n) is 2.49. The van der Waals surface area contributed by atoms with Crippen LogP contribution in [0.3, 0.4) is 0 Å². The maximum atomic E-state index is 12.7. The van der Waals surface area contributed by atoms with Gasteiger partial charge in [-0.15, -0.1) is 0 Å². The van der Waals surface area contributed by atoms with E-state index in [-0.39, 0.29) is 12.8 Å². The summed E-state index contributed by atoms with van der Waals surface area (Å²) in [5.41, 5.74) is 5.65. The number of hydrogen-bond donors (Lipinski definition) is 1. The van der Waals surface area contributed by atoms with E-state index in [0.717, 1.165) is 5.56 Å². The average Bonchev–Trinajstić information content (AvgIpc) is 2.25. The van der Waals surface area contributed by atoms with Crippen molar-refractivity contribution >= 4 is 15.9 Å². The van der Waals surface area contributed by atoms with E-state index in [1.165, 1.54) is 0 Å². The normalized spacial score (nSPS) is 23.2. The molecule has 0 amide bonds. The van der Waals surface area contributed by atoms with E-state index in [1.54, 1.807) is 13.0 Å². The van der Waals surface area contributed by atoms with Gasteiger partial charge >= 0.3 is 0 Å². The highest BCUT2D eigenvalue weighted by Gasteiger charge is 2.57. The first-order chi connectivity index (χ1) is 6.32. The molecule has 2 rings (SSSR count). The van der Waals surface area contributed by atoms with Crippen molar-refractivity contribution in [3.05, 3.63) is 22.1 Å². The van der Waals surface area contributed by atoms with Crippen LogP contribution < -0.4 is 5.73 Å². The Kier molecular flexibility index (Phi) is 2.02. The minimum atomic E-state index is -2.64. The van der Waals surface area contributed by atoms with Crippen LogP contribution in [-0.2, 0) is 5.54 Å². The minimum absolute atomic E-state index is 0.333. The Morgan fingerprint density at radius 2 is 2.07 bits per heavy atom. The molecule has 0 saturated heterocycles. The van der Waals surface area contributed by atoms with Crippen molar-refractivity contribution in [2.24, 2.45) is 5.73 Å². The third kappa shape index (κ3) is 1.48. The molecule has 1 aromatic rings. The molecule has 2 nitrogen and oxygen atoms in total. The first kappa shape index (κ1) is 10.1. The molecular formula is C9H10BrF2NO. The Balaban J connectivity index is 2.29. The van der Waals surface area contributed by atoms with Crippen LogP contribution in [0, 0.1) is 6.92 Å². The molecular weight excluding hydrogens is 256 g/mol. The molecule has 5 heteroatoms. The molecule has 0 aromatic carbocycles. The maximum Gasteiger partial charge on any atom is 0.252 e. The summed E-state index contributed by atoms with van der Waals surface area (Å²) in [4.78, 5) is 0. The molecule has 1 aromatic heterocycles. The van der Waals surface area contributed by atoms with Gasteiger partial charge in [-0.1, -0.05) is 0 Å². The van der Waals surface area contributed by atoms with Crippen LogP contribution in [0.15, 0.2) is 15.2 Å². The molecule has 1 fully saturated rings. The van der Waals surface area contributed by atoms with E-state index in [4.69, 9.17) is 10.2 Å². The summed E-state index contributed by atoms with van der Waals surface area (Å²) in [5, 5.41) is 0. The fourth-order valence-corrected chi connectivity index (χ4v) is 2.47. The number of halogens is 3. The molecule has 0 unspecified atom stereocenters. The van der Waals surface area contributed by atoms with Crippen LogP contribution in [0.4, 0.5) is 8.78 Å². The molecule has 0 radical (unpaired) electrons. The quantitative estimate of drug-likeness (QED) is 0.848. The topological polar surface area (TPSA) is 39.2 Å². The van der Waals surface area contributed by atoms with Crippen molar-refractivity contribution in [2.45, 2.75) is 31.2 Å². The predicted molar refractivity (Wildman–Crippen MR) is 51.2 cm³/mol. The zero-order valence-electron chi connectivity index (χ0n) is 7.61. The van der Waals surface area contributed by atoms with Gasteiger partial charge in [-0.05, 0) is 34.5 Å². The SMILES string of the molecule is Cc1cc(Br)oc1C1(N)CC(F)(F)C1. The van der Waals surface area contributed by atoms with Crippen molar-refractivity contribution in [2.75, 3.05) is 0 Å². The number of alkyl halides is 2. The lowest BCUT2D eigenvalue weighted by Crippen LogP contribution is -2.55. The lowest BCUT2D eigenvalue weighted by molar-refractivity contribution is -0.130. The van der Waals surface area contributed by atoms with E-state index in [9.17, 15) is 8.78 Å². The molecule has 1 aliphatic rings. The first-order valence-electron chi connectivity index (χ1n) is 4.26. The Bertz CT molecular complexity index is 367. The van der Waals surface area contributed by atoms with E-state index >= 15 is 0 Å². The van der Waals surface area contributed by atoms with Crippen molar-refractivity contribution in [1.82, 2.24) is 0 Å². The summed E-state index contributed by atoms with van der Waals surface area (Å²) in [6.07, 6.45) is -0.665. The van der Waals surface area contributed by atoms with Gasteiger partial charge < -0.3 is 10.2 Å². The van der Waals surface area contributed by atoms with E-state index < -0.39 is 11.5 Å². The van der Waals surface area contributed by atoms with Crippen LogP contribution in [0.5, 0.6) is 0 Å². The molecule has 1 saturated carbocycles. The third-order valence-corrected chi connectivity index (χ3v) is 2.88. The monoisotopic (exact) mass is 265 g/mol. The number of rotatable bonds is 1. The average molecular weight is 266 g/mol. The van der Waals surface area contributed by atoms with Crippen LogP contribution in [-0.4, -0.2) is 5.92 Å². The molecule has 78 valence electrons. The molecule has 14 heavy (non-hydrogen) atoms. The van der Waals surface area contributed by atoms with E-state index in [1.807, 2.05) is 0 Å². The number of aryl methyl sites for hydroxylation is 1. The van der Waals surface area contributed by atoms with Crippen molar-refractivity contribution < 1.29 is 13.2 Å². The Morgan fingerprint density at radius 1 is 1.50 bits per heavy atom. The molecule has 0 atom stereocenters. The molecule has 0 aliphatic heterocycles. The van der Waals surface area contributed by atoms with Gasteiger partial charge in [0.05, 0.1) is 5.54 Å². The van der Waals surface area contributed by atoms with Gasteiger partial charge in [0.15, 0.2) is 4.67 Å². The maximum absolute atomic E-state index is 12.7. The number of hydrogen-bond acceptors (Lipinski definition) is 2. The molecule has 1 aliphatic carbocycles. The smallest absolute Gasteiger partial charge is 0.252 e. The molecule has 1 heterocycles. The van der Waals surface area contributed by atoms with Crippen molar-refractivity contribution in [3.63, 3.8) is 0 Å².